The molecule has 0 aliphatic rings. The quantitative estimate of drug-likeness (QED) is 0.0944. The number of anilines is 1. The minimum absolute atomic E-state index is 0.239. The Bertz CT molecular complexity index is 1610. The van der Waals surface area contributed by atoms with Gasteiger partial charge in [0.2, 0.25) is 5.91 Å². The van der Waals surface area contributed by atoms with Crippen LogP contribution in [0.3, 0.4) is 0 Å². The van der Waals surface area contributed by atoms with Crippen LogP contribution in [-0.4, -0.2) is 71.0 Å². The number of thiophene rings is 1. The molecule has 9 nitrogen and oxygen atoms in total. The van der Waals surface area contributed by atoms with E-state index in [0.717, 1.165) is 58.8 Å². The number of likely N-dealkylation sites (N-methyl/N-ethyl adjacent to an activating group) is 1. The van der Waals surface area contributed by atoms with E-state index in [-0.39, 0.29) is 5.91 Å². The zero-order valence-electron chi connectivity index (χ0n) is 30.4. The molecule has 0 radical (unpaired) electrons. The number of carbonyl (C=O) groups excluding carboxylic acids is 1. The van der Waals surface area contributed by atoms with Crippen LogP contribution in [0, 0.1) is 18.8 Å². The lowest BCUT2D eigenvalue weighted by Gasteiger charge is -2.33. The van der Waals surface area contributed by atoms with Crippen molar-refractivity contribution in [1.29, 1.82) is 0 Å². The lowest BCUT2D eigenvalue weighted by molar-refractivity contribution is -0.131. The summed E-state index contributed by atoms with van der Waals surface area (Å²) in [5, 5.41) is 15.8. The van der Waals surface area contributed by atoms with E-state index < -0.39 is 0 Å². The lowest BCUT2D eigenvalue weighted by Crippen LogP contribution is -2.44. The zero-order valence-corrected chi connectivity index (χ0v) is 31.2. The SMILES string of the molecule is CCCCC(CC)CN(CC(CC)CCCC)C(=O)CN(CC)c1ccc(C=c2c(C)nn3c(-c4cc(OC)cc(OC)c4)nnc23)s1. The van der Waals surface area contributed by atoms with Gasteiger partial charge in [0.05, 0.1) is 31.5 Å². The number of rotatable bonds is 20. The monoisotopic (exact) mass is 676 g/mol. The Morgan fingerprint density at radius 1 is 0.917 bits per heavy atom. The van der Waals surface area contributed by atoms with E-state index in [1.165, 1.54) is 38.5 Å². The zero-order chi connectivity index (χ0) is 34.6. The summed E-state index contributed by atoms with van der Waals surface area (Å²) in [5.41, 5.74) is 2.37. The number of hydrogen-bond donors (Lipinski definition) is 0. The average Bonchev–Trinajstić information content (AvgIpc) is 3.82. The van der Waals surface area contributed by atoms with Gasteiger partial charge in [0.1, 0.15) is 11.5 Å². The van der Waals surface area contributed by atoms with E-state index in [4.69, 9.17) is 14.6 Å². The van der Waals surface area contributed by atoms with Gasteiger partial charge < -0.3 is 19.3 Å². The molecule has 3 heterocycles. The van der Waals surface area contributed by atoms with E-state index in [1.807, 2.05) is 25.1 Å². The highest BCUT2D eigenvalue weighted by Crippen LogP contribution is 2.30. The average molecular weight is 677 g/mol. The Hall–Kier alpha value is -3.66. The third-order valence-corrected chi connectivity index (χ3v) is 10.5. The number of ether oxygens (including phenoxy) is 2. The molecule has 2 atom stereocenters. The first kappa shape index (κ1) is 37.2. The molecule has 0 fully saturated rings. The van der Waals surface area contributed by atoms with Gasteiger partial charge >= 0.3 is 0 Å². The first-order valence-electron chi connectivity index (χ1n) is 17.9. The molecule has 0 N–H and O–H groups in total. The fourth-order valence-electron chi connectivity index (χ4n) is 6.27. The number of nitrogens with zero attached hydrogens (tertiary/aromatic N) is 6. The summed E-state index contributed by atoms with van der Waals surface area (Å²) in [6.45, 7) is 16.0. The summed E-state index contributed by atoms with van der Waals surface area (Å²) in [7, 11) is 3.26. The molecule has 1 aromatic carbocycles. The van der Waals surface area contributed by atoms with Crippen molar-refractivity contribution in [3.63, 3.8) is 0 Å². The van der Waals surface area contributed by atoms with Crippen molar-refractivity contribution in [3.05, 3.63) is 46.1 Å². The maximum absolute atomic E-state index is 14.0. The third kappa shape index (κ3) is 9.27. The van der Waals surface area contributed by atoms with Crippen LogP contribution < -0.4 is 19.6 Å². The molecule has 262 valence electrons. The van der Waals surface area contributed by atoms with E-state index in [0.29, 0.717) is 41.4 Å². The van der Waals surface area contributed by atoms with E-state index in [1.54, 1.807) is 30.1 Å². The molecule has 1 amide bonds. The highest BCUT2D eigenvalue weighted by Gasteiger charge is 2.24. The Balaban J connectivity index is 1.57. The summed E-state index contributed by atoms with van der Waals surface area (Å²) in [4.78, 5) is 19.5. The highest BCUT2D eigenvalue weighted by molar-refractivity contribution is 7.16. The molecular weight excluding hydrogens is 621 g/mol. The van der Waals surface area contributed by atoms with Crippen LogP contribution in [-0.2, 0) is 4.79 Å². The van der Waals surface area contributed by atoms with Crippen molar-refractivity contribution in [2.75, 3.05) is 45.3 Å². The molecule has 0 saturated heterocycles. The van der Waals surface area contributed by atoms with Gasteiger partial charge in [-0.1, -0.05) is 66.2 Å². The van der Waals surface area contributed by atoms with Gasteiger partial charge in [0.15, 0.2) is 11.5 Å². The molecular formula is C38H56N6O3S. The van der Waals surface area contributed by atoms with Crippen molar-refractivity contribution < 1.29 is 14.3 Å². The van der Waals surface area contributed by atoms with E-state index >= 15 is 0 Å². The second-order valence-electron chi connectivity index (χ2n) is 12.8. The largest absolute Gasteiger partial charge is 0.497 e. The molecule has 4 rings (SSSR count). The van der Waals surface area contributed by atoms with Crippen LogP contribution in [0.25, 0.3) is 23.1 Å². The van der Waals surface area contributed by atoms with Gasteiger partial charge in [-0.2, -0.15) is 9.61 Å². The smallest absolute Gasteiger partial charge is 0.242 e. The number of benzene rings is 1. The predicted octanol–water partition coefficient (Wildman–Crippen LogP) is 7.81. The van der Waals surface area contributed by atoms with E-state index in [9.17, 15) is 4.79 Å². The van der Waals surface area contributed by atoms with Crippen LogP contribution in [0.1, 0.15) is 96.6 Å². The first-order chi connectivity index (χ1) is 23.3. The number of aromatic nitrogens is 4. The molecule has 3 aromatic heterocycles. The molecule has 2 unspecified atom stereocenters. The van der Waals surface area contributed by atoms with Gasteiger partial charge in [-0.3, -0.25) is 4.79 Å². The molecule has 4 aromatic rings. The third-order valence-electron chi connectivity index (χ3n) is 9.45. The number of aryl methyl sites for hydroxylation is 1. The van der Waals surface area contributed by atoms with Crippen molar-refractivity contribution in [1.82, 2.24) is 24.7 Å². The second kappa shape index (κ2) is 18.2. The fraction of sp³-hybridized carbons (Fsp3) is 0.579. The van der Waals surface area contributed by atoms with Crippen molar-refractivity contribution >= 4 is 34.0 Å². The number of hydrogen-bond acceptors (Lipinski definition) is 8. The molecule has 0 spiro atoms. The highest BCUT2D eigenvalue weighted by atomic mass is 32.1. The van der Waals surface area contributed by atoms with Crippen LogP contribution in [0.4, 0.5) is 5.00 Å². The van der Waals surface area contributed by atoms with Gasteiger partial charge in [-0.25, -0.2) is 0 Å². The first-order valence-corrected chi connectivity index (χ1v) is 18.7. The van der Waals surface area contributed by atoms with Crippen LogP contribution in [0.2, 0.25) is 0 Å². The Labute approximate surface area is 291 Å². The minimum Gasteiger partial charge on any atom is -0.497 e. The predicted molar refractivity (Wildman–Crippen MR) is 198 cm³/mol. The summed E-state index contributed by atoms with van der Waals surface area (Å²) < 4.78 is 12.7. The minimum atomic E-state index is 0.239. The van der Waals surface area contributed by atoms with Crippen LogP contribution in [0.15, 0.2) is 30.3 Å². The standard InChI is InChI=1S/C38H56N6O3S/c1-9-14-16-28(11-3)24-43(25-29(12-4)17-15-10-2)35(45)26-42(13-5)36-19-18-33(48-36)23-34-27(6)41-44-37(39-40-38(34)44)30-20-31(46-7)22-32(21-30)47-8/h18-23,28-29H,9-17,24-26H2,1-8H3. The lowest BCUT2D eigenvalue weighted by atomic mass is 9.95. The Morgan fingerprint density at radius 3 is 2.08 bits per heavy atom. The summed E-state index contributed by atoms with van der Waals surface area (Å²) in [5.74, 6) is 3.32. The Morgan fingerprint density at radius 2 is 1.54 bits per heavy atom. The van der Waals surface area contributed by atoms with Crippen LogP contribution >= 0.6 is 11.3 Å². The van der Waals surface area contributed by atoms with Crippen molar-refractivity contribution in [2.24, 2.45) is 11.8 Å². The summed E-state index contributed by atoms with van der Waals surface area (Å²) in [6.07, 6.45) is 11.6. The maximum atomic E-state index is 14.0. The van der Waals surface area contributed by atoms with Crippen molar-refractivity contribution in [2.45, 2.75) is 92.9 Å². The summed E-state index contributed by atoms with van der Waals surface area (Å²) in [6, 6.07) is 9.88. The number of unbranched alkanes of at least 4 members (excludes halogenated alkanes) is 2. The number of carbonyl (C=O) groups is 1. The second-order valence-corrected chi connectivity index (χ2v) is 13.9. The van der Waals surface area contributed by atoms with Gasteiger partial charge in [-0.15, -0.1) is 21.5 Å². The number of methoxy groups -OCH3 is 2. The van der Waals surface area contributed by atoms with Crippen LogP contribution in [0.5, 0.6) is 11.5 Å². The number of fused-ring (bicyclic) bond motifs is 1. The van der Waals surface area contributed by atoms with Gasteiger partial charge in [-0.05, 0) is 68.9 Å². The molecule has 0 aliphatic heterocycles. The fourth-order valence-corrected chi connectivity index (χ4v) is 7.28. The van der Waals surface area contributed by atoms with Gasteiger partial charge in [0.25, 0.3) is 0 Å². The maximum Gasteiger partial charge on any atom is 0.242 e. The number of amides is 1. The van der Waals surface area contributed by atoms with Gasteiger partial charge in [0, 0.05) is 41.4 Å². The molecule has 10 heteroatoms. The van der Waals surface area contributed by atoms with Crippen molar-refractivity contribution in [3.8, 4) is 22.9 Å². The molecule has 0 aliphatic carbocycles. The Kier molecular flexibility index (Phi) is 14.1. The summed E-state index contributed by atoms with van der Waals surface area (Å²) >= 11 is 1.69. The normalized spacial score (nSPS) is 13.2. The topological polar surface area (TPSA) is 85.1 Å². The van der Waals surface area contributed by atoms with E-state index in [2.05, 4.69) is 72.8 Å². The molecule has 48 heavy (non-hydrogen) atoms. The molecule has 0 bridgehead atoms. The molecule has 0 saturated carbocycles.